The molecule has 0 aliphatic heterocycles. The first-order valence-corrected chi connectivity index (χ1v) is 23.3. The highest BCUT2D eigenvalue weighted by atomic mass is 16.3. The largest absolute Gasteiger partial charge is 0.456 e. The van der Waals surface area contributed by atoms with Crippen LogP contribution in [0.3, 0.4) is 0 Å². The van der Waals surface area contributed by atoms with Gasteiger partial charge in [-0.05, 0) is 129 Å². The van der Waals surface area contributed by atoms with Crippen molar-refractivity contribution in [3.05, 3.63) is 254 Å². The molecule has 4 heteroatoms. The number of aromatic nitrogens is 1. The second-order valence-electron chi connectivity index (χ2n) is 17.6. The summed E-state index contributed by atoms with van der Waals surface area (Å²) < 4.78 is 8.88. The summed E-state index contributed by atoms with van der Waals surface area (Å²) >= 11 is 0. The molecule has 13 rings (SSSR count). The van der Waals surface area contributed by atoms with Crippen molar-refractivity contribution in [1.29, 1.82) is 5.26 Å². The summed E-state index contributed by atoms with van der Waals surface area (Å²) in [6.07, 6.45) is 0. The summed E-state index contributed by atoms with van der Waals surface area (Å²) in [4.78, 5) is 2.34. The molecule has 0 saturated carbocycles. The summed E-state index contributed by atoms with van der Waals surface area (Å²) in [6.45, 7) is 0. The molecule has 0 aliphatic carbocycles. The van der Waals surface area contributed by atoms with Crippen LogP contribution in [0.25, 0.3) is 105 Å². The number of anilines is 3. The van der Waals surface area contributed by atoms with Crippen LogP contribution < -0.4 is 4.90 Å². The molecule has 322 valence electrons. The standard InChI is InChI=1S/C65H41N3O/c66-42-49-19-13-27-55-53(49)26-14-29-62(55)68-61-28-9-7-24-56(61)57-35-32-46(40-63(57)68)45-31-34-54(60(39-45)48-33-36-59-58-25-8-10-30-64(58)69-65(59)41-48)47-18-12-23-52(38-47)67(50-20-5-2-6-21-50)51-22-11-17-44(37-51)43-15-3-1-4-16-43/h1-41H. The van der Waals surface area contributed by atoms with Crippen molar-refractivity contribution in [2.45, 2.75) is 0 Å². The van der Waals surface area contributed by atoms with Crippen molar-refractivity contribution < 1.29 is 4.42 Å². The van der Waals surface area contributed by atoms with Gasteiger partial charge in [-0.2, -0.15) is 5.26 Å². The predicted octanol–water partition coefficient (Wildman–Crippen LogP) is 17.8. The minimum atomic E-state index is 0.667. The van der Waals surface area contributed by atoms with Crippen molar-refractivity contribution in [3.63, 3.8) is 0 Å². The van der Waals surface area contributed by atoms with Gasteiger partial charge in [-0.3, -0.25) is 0 Å². The van der Waals surface area contributed by atoms with Crippen LogP contribution in [0, 0.1) is 11.3 Å². The van der Waals surface area contributed by atoms with Crippen LogP contribution in [0.15, 0.2) is 253 Å². The van der Waals surface area contributed by atoms with Gasteiger partial charge in [0.25, 0.3) is 0 Å². The Kier molecular flexibility index (Phi) is 9.52. The maximum absolute atomic E-state index is 10.1. The molecular weight excluding hydrogens is 839 g/mol. The van der Waals surface area contributed by atoms with Crippen LogP contribution >= 0.6 is 0 Å². The molecule has 11 aromatic carbocycles. The molecule has 4 nitrogen and oxygen atoms in total. The molecular formula is C65H41N3O. The maximum atomic E-state index is 10.1. The Morgan fingerprint density at radius 1 is 0.333 bits per heavy atom. The van der Waals surface area contributed by atoms with Gasteiger partial charge in [0.15, 0.2) is 0 Å². The fourth-order valence-electron chi connectivity index (χ4n) is 10.4. The third kappa shape index (κ3) is 6.84. The molecule has 0 bridgehead atoms. The first kappa shape index (κ1) is 39.9. The average Bonchev–Trinajstić information content (AvgIpc) is 3.96. The van der Waals surface area contributed by atoms with Crippen molar-refractivity contribution in [1.82, 2.24) is 4.57 Å². The lowest BCUT2D eigenvalue weighted by Gasteiger charge is -2.26. The molecule has 13 aromatic rings. The Bertz CT molecular complexity index is 4160. The number of nitrogens with zero attached hydrogens (tertiary/aromatic N) is 3. The van der Waals surface area contributed by atoms with Gasteiger partial charge < -0.3 is 13.9 Å². The number of nitriles is 1. The van der Waals surface area contributed by atoms with Gasteiger partial charge in [0.05, 0.1) is 28.4 Å². The smallest absolute Gasteiger partial charge is 0.136 e. The number of benzene rings is 11. The normalized spacial score (nSPS) is 11.5. The molecule has 0 fully saturated rings. The number of para-hydroxylation sites is 3. The van der Waals surface area contributed by atoms with Crippen LogP contribution in [0.4, 0.5) is 17.1 Å². The van der Waals surface area contributed by atoms with E-state index in [1.807, 2.05) is 30.3 Å². The van der Waals surface area contributed by atoms with Crippen LogP contribution in [-0.4, -0.2) is 4.57 Å². The van der Waals surface area contributed by atoms with Gasteiger partial charge in [0, 0.05) is 49.4 Å². The zero-order valence-electron chi connectivity index (χ0n) is 37.4. The molecule has 0 unspecified atom stereocenters. The van der Waals surface area contributed by atoms with E-state index in [2.05, 4.69) is 234 Å². The van der Waals surface area contributed by atoms with Crippen molar-refractivity contribution in [3.8, 4) is 56.3 Å². The summed E-state index contributed by atoms with van der Waals surface area (Å²) in [6, 6.07) is 90.7. The zero-order valence-corrected chi connectivity index (χ0v) is 37.4. The lowest BCUT2D eigenvalue weighted by Crippen LogP contribution is -2.10. The Morgan fingerprint density at radius 3 is 1.72 bits per heavy atom. The lowest BCUT2D eigenvalue weighted by atomic mass is 9.90. The molecule has 0 radical (unpaired) electrons. The second kappa shape index (κ2) is 16.5. The van der Waals surface area contributed by atoms with Crippen molar-refractivity contribution in [2.24, 2.45) is 0 Å². The summed E-state index contributed by atoms with van der Waals surface area (Å²) in [7, 11) is 0. The van der Waals surface area contributed by atoms with Gasteiger partial charge in [-0.15, -0.1) is 0 Å². The van der Waals surface area contributed by atoms with E-state index in [9.17, 15) is 5.26 Å². The first-order chi connectivity index (χ1) is 34.2. The number of rotatable bonds is 8. The average molecular weight is 880 g/mol. The van der Waals surface area contributed by atoms with E-state index in [0.717, 1.165) is 105 Å². The number of hydrogen-bond acceptors (Lipinski definition) is 3. The third-order valence-electron chi connectivity index (χ3n) is 13.6. The number of fused-ring (bicyclic) bond motifs is 7. The van der Waals surface area contributed by atoms with Crippen LogP contribution in [-0.2, 0) is 0 Å². The molecule has 2 heterocycles. The van der Waals surface area contributed by atoms with E-state index < -0.39 is 0 Å². The highest BCUT2D eigenvalue weighted by molar-refractivity contribution is 6.12. The minimum Gasteiger partial charge on any atom is -0.456 e. The van der Waals surface area contributed by atoms with Crippen molar-refractivity contribution in [2.75, 3.05) is 4.90 Å². The summed E-state index contributed by atoms with van der Waals surface area (Å²) in [5, 5.41) is 16.6. The quantitative estimate of drug-likeness (QED) is 0.153. The molecule has 69 heavy (non-hydrogen) atoms. The highest BCUT2D eigenvalue weighted by Gasteiger charge is 2.20. The summed E-state index contributed by atoms with van der Waals surface area (Å²) in [5.41, 5.74) is 17.8. The Hall–Kier alpha value is -9.43. The van der Waals surface area contributed by atoms with Crippen molar-refractivity contribution >= 4 is 71.6 Å². The predicted molar refractivity (Wildman–Crippen MR) is 287 cm³/mol. The molecule has 0 aliphatic rings. The molecule has 0 amide bonds. The van der Waals surface area contributed by atoms with E-state index >= 15 is 0 Å². The first-order valence-electron chi connectivity index (χ1n) is 23.3. The number of hydrogen-bond donors (Lipinski definition) is 0. The Morgan fingerprint density at radius 2 is 0.884 bits per heavy atom. The third-order valence-corrected chi connectivity index (χ3v) is 13.6. The van der Waals surface area contributed by atoms with Gasteiger partial charge in [-0.25, -0.2) is 0 Å². The fourth-order valence-corrected chi connectivity index (χ4v) is 10.4. The monoisotopic (exact) mass is 879 g/mol. The molecule has 0 atom stereocenters. The Balaban J connectivity index is 0.996. The van der Waals surface area contributed by atoms with E-state index in [4.69, 9.17) is 4.42 Å². The fraction of sp³-hybridized carbons (Fsp3) is 0. The van der Waals surface area contributed by atoms with E-state index in [0.29, 0.717) is 5.56 Å². The van der Waals surface area contributed by atoms with Crippen LogP contribution in [0.2, 0.25) is 0 Å². The number of furan rings is 1. The molecule has 0 N–H and O–H groups in total. The molecule has 0 saturated heterocycles. The van der Waals surface area contributed by atoms with Crippen LogP contribution in [0.1, 0.15) is 5.56 Å². The van der Waals surface area contributed by atoms with E-state index in [1.165, 1.54) is 16.3 Å². The van der Waals surface area contributed by atoms with Crippen LogP contribution in [0.5, 0.6) is 0 Å². The summed E-state index contributed by atoms with van der Waals surface area (Å²) in [5.74, 6) is 0. The second-order valence-corrected chi connectivity index (χ2v) is 17.6. The maximum Gasteiger partial charge on any atom is 0.136 e. The van der Waals surface area contributed by atoms with Gasteiger partial charge in [0.1, 0.15) is 11.2 Å². The van der Waals surface area contributed by atoms with Gasteiger partial charge in [0.2, 0.25) is 0 Å². The van der Waals surface area contributed by atoms with Gasteiger partial charge in [-0.1, -0.05) is 164 Å². The topological polar surface area (TPSA) is 45.1 Å². The minimum absolute atomic E-state index is 0.667. The lowest BCUT2D eigenvalue weighted by molar-refractivity contribution is 0.669. The van der Waals surface area contributed by atoms with Gasteiger partial charge >= 0.3 is 0 Å². The van der Waals surface area contributed by atoms with E-state index in [-0.39, 0.29) is 0 Å². The molecule has 0 spiro atoms. The molecule has 2 aromatic heterocycles. The highest BCUT2D eigenvalue weighted by Crippen LogP contribution is 2.44. The SMILES string of the molecule is N#Cc1cccc2c(-n3c4ccccc4c4ccc(-c5ccc(-c6cccc(N(c7ccccc7)c7cccc(-c8ccccc8)c7)c6)c(-c6ccc7c(c6)oc6ccccc67)c5)cc43)cccc12. The zero-order chi connectivity index (χ0) is 45.8. The Labute approximate surface area is 399 Å². The van der Waals surface area contributed by atoms with E-state index in [1.54, 1.807) is 0 Å².